The first-order chi connectivity index (χ1) is 2.81. The van der Waals surface area contributed by atoms with E-state index in [1.54, 1.807) is 0 Å². The van der Waals surface area contributed by atoms with Crippen molar-refractivity contribution < 1.29 is 20.9 Å². The maximum atomic E-state index is 4.12. The molecule has 59 valence electrons. The third-order valence-electron chi connectivity index (χ3n) is 0.788. The molecular weight excluding hydrogens is 349 g/mol. The predicted octanol–water partition coefficient (Wildman–Crippen LogP) is 2.78. The molecule has 0 radical (unpaired) electrons. The summed E-state index contributed by atoms with van der Waals surface area (Å²) in [5, 5.41) is 0. The summed E-state index contributed by atoms with van der Waals surface area (Å²) in [6.07, 6.45) is 1.19. The largest absolute Gasteiger partial charge is 0.147 e. The average molecular weight is 361 g/mol. The summed E-state index contributed by atoms with van der Waals surface area (Å²) in [4.78, 5) is 0. The van der Waals surface area contributed by atoms with Gasteiger partial charge in [0.2, 0.25) is 0 Å². The Morgan fingerprint density at radius 3 is 1.67 bits per heavy atom. The first-order valence-electron chi connectivity index (χ1n) is 2.15. The van der Waals surface area contributed by atoms with E-state index in [1.807, 2.05) is 0 Å². The van der Waals surface area contributed by atoms with Crippen LogP contribution in [-0.4, -0.2) is 6.04 Å². The predicted molar refractivity (Wildman–Crippen MR) is 43.9 cm³/mol. The van der Waals surface area contributed by atoms with Gasteiger partial charge in [0.1, 0.15) is 0 Å². The van der Waals surface area contributed by atoms with Crippen LogP contribution in [0.1, 0.15) is 20.3 Å². The van der Waals surface area contributed by atoms with Gasteiger partial charge in [-0.1, -0.05) is 0 Å². The quantitative estimate of drug-likeness (QED) is 0.717. The number of hydrogen-bond donors (Lipinski definition) is 0. The summed E-state index contributed by atoms with van der Waals surface area (Å²) >= 11 is 1.18. The monoisotopic (exact) mass is 360 g/mol. The van der Waals surface area contributed by atoms with Gasteiger partial charge in [-0.2, -0.15) is 0 Å². The van der Waals surface area contributed by atoms with Gasteiger partial charge < -0.3 is 0 Å². The van der Waals surface area contributed by atoms with Crippen LogP contribution in [0.2, 0.25) is 0 Å². The molecule has 0 amide bonds. The molecule has 1 nitrogen and oxygen atoms in total. The Morgan fingerprint density at radius 2 is 1.67 bits per heavy atom. The summed E-state index contributed by atoms with van der Waals surface area (Å²) in [6, 6.07) is 0.610. The van der Waals surface area contributed by atoms with Gasteiger partial charge in [-0.25, -0.2) is 0 Å². The second-order valence-corrected chi connectivity index (χ2v) is 2.20. The molecule has 0 saturated carbocycles. The fourth-order valence-corrected chi connectivity index (χ4v) is 0.668. The van der Waals surface area contributed by atoms with Crippen LogP contribution in [0.5, 0.6) is 0 Å². The van der Waals surface area contributed by atoms with Gasteiger partial charge in [-0.15, -0.1) is 37.2 Å². The van der Waals surface area contributed by atoms with E-state index in [0.29, 0.717) is 6.04 Å². The Labute approximate surface area is 87.4 Å². The molecule has 0 N–H and O–H groups in total. The number of nitrogens with zero attached hydrogens (tertiary/aromatic N) is 1. The van der Waals surface area contributed by atoms with Crippen molar-refractivity contribution in [3.8, 4) is 0 Å². The second kappa shape index (κ2) is 16.2. The molecule has 0 bridgehead atoms. The van der Waals surface area contributed by atoms with Gasteiger partial charge in [-0.3, -0.25) is 0 Å². The third-order valence-corrected chi connectivity index (χ3v) is 2.20. The maximum Gasteiger partial charge on any atom is -0.147 e. The van der Waals surface area contributed by atoms with E-state index >= 15 is 0 Å². The third kappa shape index (κ3) is 17.7. The minimum absolute atomic E-state index is 0. The fourth-order valence-electron chi connectivity index (χ4n) is 0.0816. The molecule has 0 aliphatic heterocycles. The fraction of sp³-hybridized carbons (Fsp3) is 1.00. The van der Waals surface area contributed by atoms with Crippen LogP contribution in [0.3, 0.4) is 0 Å². The van der Waals surface area contributed by atoms with E-state index < -0.39 is 0 Å². The molecule has 0 aliphatic carbocycles. The molecule has 9 heavy (non-hydrogen) atoms. The van der Waals surface area contributed by atoms with E-state index in [-0.39, 0.29) is 37.2 Å². The molecule has 0 aliphatic rings. The van der Waals surface area contributed by atoms with Crippen molar-refractivity contribution in [2.45, 2.75) is 26.3 Å². The van der Waals surface area contributed by atoms with Crippen LogP contribution in [0.4, 0.5) is 0 Å². The van der Waals surface area contributed by atoms with Crippen LogP contribution in [-0.2, 0) is 20.9 Å². The molecule has 0 aromatic carbocycles. The van der Waals surface area contributed by atoms with Crippen molar-refractivity contribution in [2.24, 2.45) is 3.34 Å². The molecule has 1 unspecified atom stereocenters. The maximum absolute atomic E-state index is 4.12. The molecule has 0 heterocycles. The molecule has 0 aromatic heterocycles. The van der Waals surface area contributed by atoms with Gasteiger partial charge in [0.15, 0.2) is 0 Å². The first kappa shape index (κ1) is 22.4. The van der Waals surface area contributed by atoms with E-state index in [0.717, 1.165) is 0 Å². The molecule has 0 spiro atoms. The van der Waals surface area contributed by atoms with Gasteiger partial charge in [0.25, 0.3) is 0 Å². The normalized spacial score (nSPS) is 9.00. The van der Waals surface area contributed by atoms with Gasteiger partial charge in [-0.05, 0) is 0 Å². The topological polar surface area (TPSA) is 12.4 Å². The van der Waals surface area contributed by atoms with Crippen LogP contribution >= 0.6 is 37.2 Å². The van der Waals surface area contributed by atoms with Crippen LogP contribution < -0.4 is 0 Å². The van der Waals surface area contributed by atoms with Crippen LogP contribution in [0, 0.1) is 0 Å². The minimum atomic E-state index is 0. The molecular formula is C4H12Cl3NTa. The zero-order chi connectivity index (χ0) is 4.99. The zero-order valence-corrected chi connectivity index (χ0v) is 11.1. The summed E-state index contributed by atoms with van der Waals surface area (Å²) < 4.78 is 4.12. The molecule has 0 fully saturated rings. The van der Waals surface area contributed by atoms with Crippen molar-refractivity contribution in [1.29, 1.82) is 0 Å². The van der Waals surface area contributed by atoms with Gasteiger partial charge in [0.05, 0.1) is 0 Å². The molecule has 1 atom stereocenters. The zero-order valence-electron chi connectivity index (χ0n) is 5.40. The SMILES string of the molecule is CCC(C)[N]=[Ta].Cl.Cl.Cl. The molecule has 0 aromatic rings. The second-order valence-electron chi connectivity index (χ2n) is 1.37. The Hall–Kier alpha value is 1.41. The first-order valence-corrected chi connectivity index (χ1v) is 3.59. The minimum Gasteiger partial charge on any atom is -0.147 e. The summed E-state index contributed by atoms with van der Waals surface area (Å²) in [7, 11) is 0. The standard InChI is InChI=1S/C4H9N.3ClH.Ta/c1-3-4(2)5;;;;/h4H,3H2,1-2H3;3*1H;. The molecule has 5 heteroatoms. The number of halogens is 3. The van der Waals surface area contributed by atoms with E-state index in [1.165, 1.54) is 27.3 Å². The van der Waals surface area contributed by atoms with Crippen molar-refractivity contribution >= 4 is 37.2 Å². The van der Waals surface area contributed by atoms with Crippen LogP contribution in [0.15, 0.2) is 3.34 Å². The summed E-state index contributed by atoms with van der Waals surface area (Å²) in [5.41, 5.74) is 0. The van der Waals surface area contributed by atoms with Crippen molar-refractivity contribution in [3.63, 3.8) is 0 Å². The van der Waals surface area contributed by atoms with E-state index in [9.17, 15) is 0 Å². The number of rotatable bonds is 2. The Kier molecular flexibility index (Phi) is 40.4. The smallest absolute Gasteiger partial charge is 0.147 e. The van der Waals surface area contributed by atoms with Crippen molar-refractivity contribution in [1.82, 2.24) is 0 Å². The molecule has 0 saturated heterocycles. The van der Waals surface area contributed by atoms with Gasteiger partial charge >= 0.3 is 50.5 Å². The van der Waals surface area contributed by atoms with Crippen molar-refractivity contribution in [2.75, 3.05) is 0 Å². The molecule has 0 rings (SSSR count). The summed E-state index contributed by atoms with van der Waals surface area (Å²) in [5.74, 6) is 0. The summed E-state index contributed by atoms with van der Waals surface area (Å²) in [6.45, 7) is 4.29. The number of hydrogen-bond acceptors (Lipinski definition) is 1. The van der Waals surface area contributed by atoms with E-state index in [4.69, 9.17) is 0 Å². The van der Waals surface area contributed by atoms with E-state index in [2.05, 4.69) is 17.2 Å². The van der Waals surface area contributed by atoms with Crippen molar-refractivity contribution in [3.05, 3.63) is 0 Å². The Bertz CT molecular complexity index is 53.1. The Morgan fingerprint density at radius 1 is 1.33 bits per heavy atom. The van der Waals surface area contributed by atoms with Crippen LogP contribution in [0.25, 0.3) is 0 Å². The Balaban J connectivity index is -0.0000000417. The van der Waals surface area contributed by atoms with Gasteiger partial charge in [0, 0.05) is 0 Å². The average Bonchev–Trinajstić information content (AvgIpc) is 1.65.